The number of phenolic OH excluding ortho intramolecular Hbond substituents is 1. The van der Waals surface area contributed by atoms with Crippen molar-refractivity contribution in [3.63, 3.8) is 0 Å². The van der Waals surface area contributed by atoms with Crippen LogP contribution in [0.5, 0.6) is 17.2 Å². The molecule has 0 radical (unpaired) electrons. The first kappa shape index (κ1) is 27.4. The van der Waals surface area contributed by atoms with E-state index in [0.717, 1.165) is 12.0 Å². The summed E-state index contributed by atoms with van der Waals surface area (Å²) in [5.74, 6) is 0.377. The third-order valence-corrected chi connectivity index (χ3v) is 5.38. The van der Waals surface area contributed by atoms with Crippen molar-refractivity contribution >= 4 is 23.8 Å². The summed E-state index contributed by atoms with van der Waals surface area (Å²) < 4.78 is 21.5. The van der Waals surface area contributed by atoms with Gasteiger partial charge < -0.3 is 24.1 Å². The Morgan fingerprint density at radius 1 is 0.865 bits per heavy atom. The Labute approximate surface area is 216 Å². The number of benzene rings is 3. The van der Waals surface area contributed by atoms with Gasteiger partial charge in [-0.2, -0.15) is 0 Å². The Morgan fingerprint density at radius 3 is 2.19 bits per heavy atom. The van der Waals surface area contributed by atoms with Gasteiger partial charge in [0, 0.05) is 6.21 Å². The van der Waals surface area contributed by atoms with Crippen LogP contribution in [0.3, 0.4) is 0 Å². The molecule has 0 aromatic heterocycles. The monoisotopic (exact) mass is 505 g/mol. The predicted octanol–water partition coefficient (Wildman–Crippen LogP) is 5.35. The summed E-state index contributed by atoms with van der Waals surface area (Å²) >= 11 is 0. The summed E-state index contributed by atoms with van der Waals surface area (Å²) in [7, 11) is 0. The minimum Gasteiger partial charge on any atom is -0.508 e. The Balaban J connectivity index is 1.37. The summed E-state index contributed by atoms with van der Waals surface area (Å²) in [5, 5.41) is 9.31. The summed E-state index contributed by atoms with van der Waals surface area (Å²) in [5.41, 5.74) is 1.97. The molecule has 0 aliphatic carbocycles. The third kappa shape index (κ3) is 9.42. The lowest BCUT2D eigenvalue weighted by atomic mass is 10.1. The number of phenols is 1. The molecular weight excluding hydrogens is 474 g/mol. The molecule has 37 heavy (non-hydrogen) atoms. The van der Waals surface area contributed by atoms with Gasteiger partial charge in [-0.05, 0) is 84.8 Å². The van der Waals surface area contributed by atoms with E-state index in [-0.39, 0.29) is 24.2 Å². The number of hydrogen-bond donors (Lipinski definition) is 1. The molecule has 8 heteroatoms. The summed E-state index contributed by atoms with van der Waals surface area (Å²) in [6.45, 7) is 5.14. The van der Waals surface area contributed by atoms with Crippen molar-refractivity contribution in [3.8, 4) is 17.2 Å². The van der Waals surface area contributed by atoms with E-state index in [0.29, 0.717) is 42.6 Å². The van der Waals surface area contributed by atoms with E-state index >= 15 is 0 Å². The zero-order chi connectivity index (χ0) is 26.5. The number of carbonyl (C=O) groups excluding carboxylic acids is 2. The molecule has 0 spiro atoms. The van der Waals surface area contributed by atoms with E-state index in [9.17, 15) is 14.7 Å². The highest BCUT2D eigenvalue weighted by atomic mass is 16.6. The van der Waals surface area contributed by atoms with Crippen LogP contribution < -0.4 is 9.47 Å². The Morgan fingerprint density at radius 2 is 1.51 bits per heavy atom. The Hall–Kier alpha value is -4.17. The van der Waals surface area contributed by atoms with E-state index < -0.39 is 5.97 Å². The van der Waals surface area contributed by atoms with Gasteiger partial charge in [0.15, 0.2) is 0 Å². The summed E-state index contributed by atoms with van der Waals surface area (Å²) in [6, 6.07) is 20.1. The Bertz CT molecular complexity index is 1160. The second kappa shape index (κ2) is 14.4. The van der Waals surface area contributed by atoms with Crippen LogP contribution in [-0.4, -0.2) is 49.7 Å². The van der Waals surface area contributed by atoms with E-state index in [4.69, 9.17) is 18.9 Å². The maximum absolute atomic E-state index is 12.3. The molecule has 0 aliphatic rings. The second-order valence-corrected chi connectivity index (χ2v) is 8.20. The lowest BCUT2D eigenvalue weighted by molar-refractivity contribution is -0.149. The molecule has 0 saturated carbocycles. The highest BCUT2D eigenvalue weighted by molar-refractivity contribution is 5.91. The third-order valence-electron chi connectivity index (χ3n) is 5.38. The number of nitrogens with zero attached hydrogens (tertiary/aromatic N) is 1. The number of aliphatic imine (C=N–C) groups is 1. The van der Waals surface area contributed by atoms with Crippen LogP contribution in [0.2, 0.25) is 0 Å². The van der Waals surface area contributed by atoms with Crippen molar-refractivity contribution < 1.29 is 33.6 Å². The van der Waals surface area contributed by atoms with Gasteiger partial charge in [0.1, 0.15) is 30.5 Å². The SMILES string of the molecule is CCC(C)C(=O)OCCOCCOc1ccc(C=Nc2ccc(C(=O)Oc3ccc(O)cc3)cc2)cc1. The molecule has 0 heterocycles. The van der Waals surface area contributed by atoms with Gasteiger partial charge in [-0.1, -0.05) is 13.8 Å². The topological polar surface area (TPSA) is 104 Å². The molecule has 1 unspecified atom stereocenters. The first-order valence-electron chi connectivity index (χ1n) is 12.1. The standard InChI is InChI=1S/C29H31NO7/c1-3-21(2)28(32)36-19-17-34-16-18-35-26-12-4-22(5-13-26)20-30-24-8-6-23(7-9-24)29(33)37-27-14-10-25(31)11-15-27/h4-15,20-21,31H,3,16-19H2,1-2H3. The molecule has 1 atom stereocenters. The molecule has 8 nitrogen and oxygen atoms in total. The number of esters is 2. The molecule has 1 N–H and O–H groups in total. The largest absolute Gasteiger partial charge is 0.508 e. The van der Waals surface area contributed by atoms with Gasteiger partial charge in [0.05, 0.1) is 30.4 Å². The van der Waals surface area contributed by atoms with Crippen LogP contribution in [0.15, 0.2) is 77.8 Å². The van der Waals surface area contributed by atoms with Crippen LogP contribution >= 0.6 is 0 Å². The molecule has 0 fully saturated rings. The fraction of sp³-hybridized carbons (Fsp3) is 0.276. The van der Waals surface area contributed by atoms with E-state index in [1.165, 1.54) is 24.3 Å². The minimum atomic E-state index is -0.493. The fourth-order valence-corrected chi connectivity index (χ4v) is 2.99. The van der Waals surface area contributed by atoms with Crippen LogP contribution in [0.25, 0.3) is 0 Å². The number of rotatable bonds is 13. The van der Waals surface area contributed by atoms with Crippen molar-refractivity contribution in [2.45, 2.75) is 20.3 Å². The van der Waals surface area contributed by atoms with Crippen molar-refractivity contribution in [2.24, 2.45) is 10.9 Å². The molecule has 0 amide bonds. The van der Waals surface area contributed by atoms with Crippen LogP contribution in [0.4, 0.5) is 5.69 Å². The van der Waals surface area contributed by atoms with E-state index in [1.807, 2.05) is 38.1 Å². The highest BCUT2D eigenvalue weighted by Gasteiger charge is 2.11. The number of aromatic hydroxyl groups is 1. The van der Waals surface area contributed by atoms with Crippen molar-refractivity contribution in [2.75, 3.05) is 26.4 Å². The maximum Gasteiger partial charge on any atom is 0.343 e. The normalized spacial score (nSPS) is 11.7. The minimum absolute atomic E-state index is 0.0917. The molecule has 3 rings (SSSR count). The van der Waals surface area contributed by atoms with Crippen molar-refractivity contribution in [3.05, 3.63) is 83.9 Å². The summed E-state index contributed by atoms with van der Waals surface area (Å²) in [4.78, 5) is 28.3. The second-order valence-electron chi connectivity index (χ2n) is 8.20. The Kier molecular flexibility index (Phi) is 10.7. The predicted molar refractivity (Wildman–Crippen MR) is 140 cm³/mol. The van der Waals surface area contributed by atoms with Gasteiger partial charge in [0.25, 0.3) is 0 Å². The summed E-state index contributed by atoms with van der Waals surface area (Å²) in [6.07, 6.45) is 2.48. The van der Waals surface area contributed by atoms with Gasteiger partial charge in [-0.25, -0.2) is 4.79 Å². The van der Waals surface area contributed by atoms with Crippen molar-refractivity contribution in [1.82, 2.24) is 0 Å². The van der Waals surface area contributed by atoms with Crippen LogP contribution in [-0.2, 0) is 14.3 Å². The van der Waals surface area contributed by atoms with E-state index in [1.54, 1.807) is 30.5 Å². The molecule has 194 valence electrons. The van der Waals surface area contributed by atoms with Gasteiger partial charge >= 0.3 is 11.9 Å². The first-order chi connectivity index (χ1) is 17.9. The smallest absolute Gasteiger partial charge is 0.343 e. The lowest BCUT2D eigenvalue weighted by Gasteiger charge is -2.10. The van der Waals surface area contributed by atoms with Crippen LogP contribution in [0, 0.1) is 5.92 Å². The maximum atomic E-state index is 12.3. The molecule has 0 bridgehead atoms. The molecule has 3 aromatic carbocycles. The zero-order valence-corrected chi connectivity index (χ0v) is 21.0. The highest BCUT2D eigenvalue weighted by Crippen LogP contribution is 2.19. The van der Waals surface area contributed by atoms with Gasteiger partial charge in [0.2, 0.25) is 0 Å². The lowest BCUT2D eigenvalue weighted by Crippen LogP contribution is -2.18. The number of carbonyl (C=O) groups is 2. The van der Waals surface area contributed by atoms with E-state index in [2.05, 4.69) is 4.99 Å². The first-order valence-corrected chi connectivity index (χ1v) is 12.1. The average molecular weight is 506 g/mol. The van der Waals surface area contributed by atoms with Crippen LogP contribution in [0.1, 0.15) is 36.2 Å². The molecule has 3 aromatic rings. The molecule has 0 aliphatic heterocycles. The van der Waals surface area contributed by atoms with Gasteiger partial charge in [-0.3, -0.25) is 9.79 Å². The number of hydrogen-bond acceptors (Lipinski definition) is 8. The number of ether oxygens (including phenoxy) is 4. The molecule has 0 saturated heterocycles. The fourth-order valence-electron chi connectivity index (χ4n) is 2.99. The van der Waals surface area contributed by atoms with Gasteiger partial charge in [-0.15, -0.1) is 0 Å². The zero-order valence-electron chi connectivity index (χ0n) is 21.0. The average Bonchev–Trinajstić information content (AvgIpc) is 2.93. The van der Waals surface area contributed by atoms with Crippen molar-refractivity contribution in [1.29, 1.82) is 0 Å². The molecular formula is C29H31NO7. The quantitative estimate of drug-likeness (QED) is 0.145.